The molecule has 1 N–H and O–H groups in total. The molecule has 0 aliphatic carbocycles. The molecular formula is C11H8BrF3N2. The Morgan fingerprint density at radius 2 is 1.88 bits per heavy atom. The molecule has 2 rings (SSSR count). The molecule has 0 saturated heterocycles. The number of hydrogen-bond acceptors (Lipinski definition) is 1. The van der Waals surface area contributed by atoms with E-state index < -0.39 is 11.7 Å². The summed E-state index contributed by atoms with van der Waals surface area (Å²) in [5.41, 5.74) is 0.343. The Labute approximate surface area is 104 Å². The Bertz CT molecular complexity index is 546. The van der Waals surface area contributed by atoms with Crippen LogP contribution in [0.2, 0.25) is 0 Å². The first-order valence-corrected chi connectivity index (χ1v) is 5.57. The molecule has 1 aromatic carbocycles. The Balaban J connectivity index is 2.64. The van der Waals surface area contributed by atoms with Gasteiger partial charge in [0.1, 0.15) is 5.69 Å². The van der Waals surface area contributed by atoms with Crippen LogP contribution in [0.15, 0.2) is 28.7 Å². The van der Waals surface area contributed by atoms with E-state index in [1.165, 1.54) is 12.1 Å². The Kier molecular flexibility index (Phi) is 2.99. The van der Waals surface area contributed by atoms with E-state index in [9.17, 15) is 13.2 Å². The molecule has 1 heterocycles. The molecule has 2 aromatic rings. The van der Waals surface area contributed by atoms with Gasteiger partial charge in [0.05, 0.1) is 10.0 Å². The highest BCUT2D eigenvalue weighted by Gasteiger charge is 2.34. The van der Waals surface area contributed by atoms with E-state index in [0.717, 1.165) is 6.07 Å². The van der Waals surface area contributed by atoms with Gasteiger partial charge in [-0.1, -0.05) is 18.2 Å². The second-order valence-electron chi connectivity index (χ2n) is 3.55. The van der Waals surface area contributed by atoms with Gasteiger partial charge < -0.3 is 0 Å². The highest BCUT2D eigenvalue weighted by molar-refractivity contribution is 9.10. The Morgan fingerprint density at radius 3 is 2.41 bits per heavy atom. The van der Waals surface area contributed by atoms with Gasteiger partial charge in [-0.15, -0.1) is 0 Å². The summed E-state index contributed by atoms with van der Waals surface area (Å²) in [6.45, 7) is 1.73. The quantitative estimate of drug-likeness (QED) is 0.842. The van der Waals surface area contributed by atoms with E-state index in [1.807, 2.05) is 0 Å². The maximum Gasteiger partial charge on any atom is 0.417 e. The van der Waals surface area contributed by atoms with Crippen molar-refractivity contribution in [1.29, 1.82) is 0 Å². The molecule has 2 nitrogen and oxygen atoms in total. The van der Waals surface area contributed by atoms with Gasteiger partial charge in [-0.25, -0.2) is 0 Å². The normalized spacial score (nSPS) is 11.8. The third-order valence-corrected chi connectivity index (χ3v) is 3.33. The number of rotatable bonds is 1. The number of aromatic amines is 1. The van der Waals surface area contributed by atoms with Crippen LogP contribution in [0.25, 0.3) is 11.3 Å². The van der Waals surface area contributed by atoms with E-state index >= 15 is 0 Å². The van der Waals surface area contributed by atoms with Gasteiger partial charge in [-0.2, -0.15) is 18.3 Å². The summed E-state index contributed by atoms with van der Waals surface area (Å²) < 4.78 is 39.0. The molecular weight excluding hydrogens is 297 g/mol. The first-order valence-electron chi connectivity index (χ1n) is 4.78. The van der Waals surface area contributed by atoms with E-state index in [4.69, 9.17) is 0 Å². The minimum atomic E-state index is -4.39. The fourth-order valence-electron chi connectivity index (χ4n) is 1.53. The second kappa shape index (κ2) is 4.18. The summed E-state index contributed by atoms with van der Waals surface area (Å²) in [4.78, 5) is 0. The van der Waals surface area contributed by atoms with Gasteiger partial charge in [0.15, 0.2) is 0 Å². The SMILES string of the molecule is Cc1[nH]nc(-c2ccccc2C(F)(F)F)c1Br. The minimum Gasteiger partial charge on any atom is -0.281 e. The number of benzene rings is 1. The molecule has 17 heavy (non-hydrogen) atoms. The van der Waals surface area contributed by atoms with E-state index in [1.54, 1.807) is 13.0 Å². The van der Waals surface area contributed by atoms with Crippen LogP contribution in [0.4, 0.5) is 13.2 Å². The molecule has 0 bridgehead atoms. The summed E-state index contributed by atoms with van der Waals surface area (Å²) in [6, 6.07) is 5.37. The number of hydrogen-bond donors (Lipinski definition) is 1. The topological polar surface area (TPSA) is 28.7 Å². The Hall–Kier alpha value is -1.30. The van der Waals surface area contributed by atoms with Crippen molar-refractivity contribution in [3.63, 3.8) is 0 Å². The van der Waals surface area contributed by atoms with Gasteiger partial charge in [-0.05, 0) is 28.9 Å². The summed E-state index contributed by atoms with van der Waals surface area (Å²) in [5, 5.41) is 6.54. The third kappa shape index (κ3) is 2.22. The van der Waals surface area contributed by atoms with Crippen molar-refractivity contribution in [2.75, 3.05) is 0 Å². The predicted molar refractivity (Wildman–Crippen MR) is 61.5 cm³/mol. The van der Waals surface area contributed by atoms with Gasteiger partial charge in [0, 0.05) is 11.3 Å². The standard InChI is InChI=1S/C11H8BrF3N2/c1-6-9(12)10(17-16-6)7-4-2-3-5-8(7)11(13,14)15/h2-5H,1H3,(H,16,17). The maximum absolute atomic E-state index is 12.8. The highest BCUT2D eigenvalue weighted by atomic mass is 79.9. The molecule has 90 valence electrons. The average Bonchev–Trinajstić information content (AvgIpc) is 2.59. The summed E-state index contributed by atoms with van der Waals surface area (Å²) in [7, 11) is 0. The Morgan fingerprint density at radius 1 is 1.24 bits per heavy atom. The van der Waals surface area contributed by atoms with Crippen LogP contribution in [-0.2, 0) is 6.18 Å². The van der Waals surface area contributed by atoms with Crippen LogP contribution in [-0.4, -0.2) is 10.2 Å². The number of aryl methyl sites for hydroxylation is 1. The van der Waals surface area contributed by atoms with Crippen molar-refractivity contribution in [3.8, 4) is 11.3 Å². The number of aromatic nitrogens is 2. The van der Waals surface area contributed by atoms with Crippen molar-refractivity contribution in [3.05, 3.63) is 40.0 Å². The molecule has 0 radical (unpaired) electrons. The lowest BCUT2D eigenvalue weighted by Crippen LogP contribution is -2.07. The predicted octanol–water partition coefficient (Wildman–Crippen LogP) is 4.17. The minimum absolute atomic E-state index is 0.0659. The molecule has 6 heteroatoms. The van der Waals surface area contributed by atoms with Crippen molar-refractivity contribution in [1.82, 2.24) is 10.2 Å². The largest absolute Gasteiger partial charge is 0.417 e. The van der Waals surface area contributed by atoms with Crippen molar-refractivity contribution in [2.45, 2.75) is 13.1 Å². The number of nitrogens with zero attached hydrogens (tertiary/aromatic N) is 1. The molecule has 0 fully saturated rings. The van der Waals surface area contributed by atoms with Gasteiger partial charge in [0.2, 0.25) is 0 Å². The fraction of sp³-hybridized carbons (Fsp3) is 0.182. The summed E-state index contributed by atoms with van der Waals surface area (Å²) in [6.07, 6.45) is -4.39. The molecule has 0 atom stereocenters. The molecule has 0 amide bonds. The lowest BCUT2D eigenvalue weighted by Gasteiger charge is -2.11. The highest BCUT2D eigenvalue weighted by Crippen LogP contribution is 2.38. The first kappa shape index (κ1) is 12.2. The van der Waals surface area contributed by atoms with Crippen LogP contribution in [0.1, 0.15) is 11.3 Å². The smallest absolute Gasteiger partial charge is 0.281 e. The van der Waals surface area contributed by atoms with Gasteiger partial charge in [-0.3, -0.25) is 5.10 Å². The molecule has 1 aromatic heterocycles. The molecule has 0 saturated carbocycles. The molecule has 0 spiro atoms. The number of H-pyrrole nitrogens is 1. The van der Waals surface area contributed by atoms with Crippen molar-refractivity contribution in [2.24, 2.45) is 0 Å². The molecule has 0 unspecified atom stereocenters. The molecule has 0 aliphatic rings. The van der Waals surface area contributed by atoms with Crippen LogP contribution < -0.4 is 0 Å². The van der Waals surface area contributed by atoms with E-state index in [2.05, 4.69) is 26.1 Å². The van der Waals surface area contributed by atoms with Crippen molar-refractivity contribution >= 4 is 15.9 Å². The zero-order valence-electron chi connectivity index (χ0n) is 8.77. The third-order valence-electron chi connectivity index (χ3n) is 2.36. The molecule has 0 aliphatic heterocycles. The van der Waals surface area contributed by atoms with Crippen LogP contribution in [0, 0.1) is 6.92 Å². The average molecular weight is 305 g/mol. The first-order chi connectivity index (χ1) is 7.91. The maximum atomic E-state index is 12.8. The zero-order chi connectivity index (χ0) is 12.6. The van der Waals surface area contributed by atoms with Crippen LogP contribution in [0.5, 0.6) is 0 Å². The van der Waals surface area contributed by atoms with Gasteiger partial charge >= 0.3 is 6.18 Å². The summed E-state index contributed by atoms with van der Waals surface area (Å²) >= 11 is 3.23. The van der Waals surface area contributed by atoms with E-state index in [0.29, 0.717) is 10.2 Å². The fourth-order valence-corrected chi connectivity index (χ4v) is 1.92. The van der Waals surface area contributed by atoms with Crippen LogP contribution >= 0.6 is 15.9 Å². The van der Waals surface area contributed by atoms with Crippen molar-refractivity contribution < 1.29 is 13.2 Å². The number of halogens is 4. The lowest BCUT2D eigenvalue weighted by atomic mass is 10.0. The van der Waals surface area contributed by atoms with Crippen LogP contribution in [0.3, 0.4) is 0 Å². The van der Waals surface area contributed by atoms with E-state index in [-0.39, 0.29) is 11.3 Å². The summed E-state index contributed by atoms with van der Waals surface area (Å²) in [5.74, 6) is 0. The lowest BCUT2D eigenvalue weighted by molar-refractivity contribution is -0.137. The number of alkyl halides is 3. The number of nitrogens with one attached hydrogen (secondary N) is 1. The monoisotopic (exact) mass is 304 g/mol. The second-order valence-corrected chi connectivity index (χ2v) is 4.35. The van der Waals surface area contributed by atoms with Gasteiger partial charge in [0.25, 0.3) is 0 Å². The zero-order valence-corrected chi connectivity index (χ0v) is 10.4.